The van der Waals surface area contributed by atoms with E-state index in [0.29, 0.717) is 11.6 Å². The molecule has 0 N–H and O–H groups in total. The number of amides is 1. The van der Waals surface area contributed by atoms with E-state index in [9.17, 15) is 26.4 Å². The summed E-state index contributed by atoms with van der Waals surface area (Å²) in [6, 6.07) is 7.78. The van der Waals surface area contributed by atoms with Crippen LogP contribution in [0.2, 0.25) is 0 Å². The first kappa shape index (κ1) is 20.0. The summed E-state index contributed by atoms with van der Waals surface area (Å²) in [5, 5.41) is -0.227. The molecule has 0 radical (unpaired) electrons. The molecule has 4 rings (SSSR count). The Kier molecular flexibility index (Phi) is 5.16. The van der Waals surface area contributed by atoms with Gasteiger partial charge in [-0.1, -0.05) is 23.9 Å². The average molecular weight is 440 g/mol. The molecule has 2 aromatic carbocycles. The third-order valence-corrected chi connectivity index (χ3v) is 7.93. The molecule has 0 spiro atoms. The highest BCUT2D eigenvalue weighted by atomic mass is 32.2. The number of sulfone groups is 1. The highest BCUT2D eigenvalue weighted by Gasteiger charge is 2.50. The summed E-state index contributed by atoms with van der Waals surface area (Å²) in [5.41, 5.74) is 0.530. The van der Waals surface area contributed by atoms with Crippen molar-refractivity contribution in [2.24, 2.45) is 4.99 Å². The van der Waals surface area contributed by atoms with Gasteiger partial charge in [-0.15, -0.1) is 0 Å². The van der Waals surface area contributed by atoms with Gasteiger partial charge in [0.25, 0.3) is 5.91 Å². The van der Waals surface area contributed by atoms with Crippen LogP contribution < -0.4 is 4.90 Å². The predicted octanol–water partition coefficient (Wildman–Crippen LogP) is 2.95. The number of hydrogen-bond donors (Lipinski definition) is 0. The second-order valence-corrected chi connectivity index (χ2v) is 10.2. The highest BCUT2D eigenvalue weighted by Crippen LogP contribution is 2.41. The fraction of sp³-hybridized carbons (Fsp3) is 0.263. The van der Waals surface area contributed by atoms with Crippen LogP contribution in [0.4, 0.5) is 18.9 Å². The molecular formula is C19H15F3N2O3S2. The Labute approximate surface area is 169 Å². The average Bonchev–Trinajstić information content (AvgIpc) is 3.08. The molecule has 2 saturated heterocycles. The van der Waals surface area contributed by atoms with Gasteiger partial charge in [0.2, 0.25) is 0 Å². The third kappa shape index (κ3) is 4.18. The molecule has 152 valence electrons. The van der Waals surface area contributed by atoms with Crippen molar-refractivity contribution < 1.29 is 26.4 Å². The fourth-order valence-electron chi connectivity index (χ4n) is 3.45. The van der Waals surface area contributed by atoms with Gasteiger partial charge in [0, 0.05) is 11.3 Å². The zero-order valence-corrected chi connectivity index (χ0v) is 16.5. The highest BCUT2D eigenvalue weighted by molar-refractivity contribution is 8.16. The topological polar surface area (TPSA) is 66.8 Å². The normalized spacial score (nSPS) is 24.1. The second kappa shape index (κ2) is 7.49. The smallest absolute Gasteiger partial charge is 0.252 e. The maximum absolute atomic E-state index is 14.4. The number of thioether (sulfide) groups is 1. The van der Waals surface area contributed by atoms with Gasteiger partial charge in [-0.2, -0.15) is 4.99 Å². The minimum Gasteiger partial charge on any atom is -0.313 e. The lowest BCUT2D eigenvalue weighted by molar-refractivity contribution is -0.117. The first-order chi connectivity index (χ1) is 13.7. The molecule has 0 bridgehead atoms. The van der Waals surface area contributed by atoms with Crippen molar-refractivity contribution in [3.05, 3.63) is 65.5 Å². The molecule has 0 saturated carbocycles. The van der Waals surface area contributed by atoms with E-state index in [-0.39, 0.29) is 28.8 Å². The van der Waals surface area contributed by atoms with Gasteiger partial charge < -0.3 is 4.90 Å². The Morgan fingerprint density at radius 1 is 1.07 bits per heavy atom. The largest absolute Gasteiger partial charge is 0.313 e. The van der Waals surface area contributed by atoms with Crippen LogP contribution in [0.1, 0.15) is 5.56 Å². The van der Waals surface area contributed by atoms with Gasteiger partial charge in [-0.05, 0) is 29.8 Å². The van der Waals surface area contributed by atoms with Gasteiger partial charge >= 0.3 is 0 Å². The second-order valence-electron chi connectivity index (χ2n) is 6.86. The van der Waals surface area contributed by atoms with Crippen molar-refractivity contribution in [3.63, 3.8) is 0 Å². The minimum atomic E-state index is -3.31. The molecule has 0 aromatic heterocycles. The number of nitrogens with zero attached hydrogens (tertiary/aromatic N) is 2. The SMILES string of the molecule is O=C(Cc1ccc(F)cc1)N=C1S[C@H]2CS(=O)(=O)C[C@@H]2N1c1ccc(F)cc1F. The van der Waals surface area contributed by atoms with Crippen molar-refractivity contribution in [1.82, 2.24) is 0 Å². The van der Waals surface area contributed by atoms with Crippen molar-refractivity contribution in [2.45, 2.75) is 17.7 Å². The van der Waals surface area contributed by atoms with Crippen LogP contribution >= 0.6 is 11.8 Å². The van der Waals surface area contributed by atoms with Crippen LogP contribution in [0.15, 0.2) is 47.5 Å². The Bertz CT molecular complexity index is 1100. The van der Waals surface area contributed by atoms with Gasteiger partial charge in [0.1, 0.15) is 17.5 Å². The molecule has 2 fully saturated rings. The van der Waals surface area contributed by atoms with Crippen molar-refractivity contribution in [2.75, 3.05) is 16.4 Å². The van der Waals surface area contributed by atoms with Crippen LogP contribution in [0.5, 0.6) is 0 Å². The molecule has 29 heavy (non-hydrogen) atoms. The molecule has 0 unspecified atom stereocenters. The van der Waals surface area contributed by atoms with E-state index >= 15 is 0 Å². The van der Waals surface area contributed by atoms with Crippen LogP contribution in [-0.4, -0.2) is 42.3 Å². The van der Waals surface area contributed by atoms with E-state index in [1.54, 1.807) is 0 Å². The Morgan fingerprint density at radius 2 is 1.76 bits per heavy atom. The Balaban J connectivity index is 1.66. The van der Waals surface area contributed by atoms with E-state index < -0.39 is 44.5 Å². The molecule has 2 aromatic rings. The van der Waals surface area contributed by atoms with Crippen molar-refractivity contribution in [3.8, 4) is 0 Å². The molecule has 2 heterocycles. The van der Waals surface area contributed by atoms with Gasteiger partial charge in [0.15, 0.2) is 15.0 Å². The molecule has 1 amide bonds. The molecule has 5 nitrogen and oxygen atoms in total. The monoisotopic (exact) mass is 440 g/mol. The number of anilines is 1. The molecular weight excluding hydrogens is 425 g/mol. The number of carbonyl (C=O) groups is 1. The van der Waals surface area contributed by atoms with Gasteiger partial charge in [0.05, 0.1) is 29.7 Å². The standard InChI is InChI=1S/C19H15F3N2O3S2/c20-12-3-1-11(2-4-12)7-18(25)23-19-24(15-6-5-13(21)8-14(15)22)16-9-29(26,27)10-17(16)28-19/h1-6,8,16-17H,7,9-10H2/t16-,17-/m0/s1. The summed E-state index contributed by atoms with van der Waals surface area (Å²) in [6.45, 7) is 0. The maximum atomic E-state index is 14.4. The predicted molar refractivity (Wildman–Crippen MR) is 105 cm³/mol. The molecule has 2 aliphatic rings. The number of aliphatic imine (C=N–C) groups is 1. The zero-order valence-electron chi connectivity index (χ0n) is 14.9. The number of halogens is 3. The fourth-order valence-corrected chi connectivity index (χ4v) is 7.37. The number of benzene rings is 2. The molecule has 10 heteroatoms. The first-order valence-corrected chi connectivity index (χ1v) is 11.4. The van der Waals surface area contributed by atoms with Gasteiger partial charge in [-0.25, -0.2) is 21.6 Å². The van der Waals surface area contributed by atoms with Crippen molar-refractivity contribution in [1.29, 1.82) is 0 Å². The number of carbonyl (C=O) groups excluding carboxylic acids is 1. The van der Waals surface area contributed by atoms with E-state index in [2.05, 4.69) is 4.99 Å². The van der Waals surface area contributed by atoms with Crippen LogP contribution in [0.3, 0.4) is 0 Å². The summed E-state index contributed by atoms with van der Waals surface area (Å²) in [6.07, 6.45) is -0.0856. The molecule has 2 aliphatic heterocycles. The van der Waals surface area contributed by atoms with E-state index in [1.165, 1.54) is 35.2 Å². The lowest BCUT2D eigenvalue weighted by Crippen LogP contribution is -2.38. The number of fused-ring (bicyclic) bond motifs is 1. The Morgan fingerprint density at radius 3 is 2.45 bits per heavy atom. The van der Waals surface area contributed by atoms with Crippen LogP contribution in [0, 0.1) is 17.5 Å². The number of amidine groups is 1. The summed E-state index contributed by atoms with van der Waals surface area (Å²) >= 11 is 1.10. The van der Waals surface area contributed by atoms with Crippen molar-refractivity contribution >= 4 is 38.4 Å². The third-order valence-electron chi connectivity index (χ3n) is 4.72. The van der Waals surface area contributed by atoms with Crippen LogP contribution in [0.25, 0.3) is 0 Å². The van der Waals surface area contributed by atoms with E-state index in [4.69, 9.17) is 0 Å². The quantitative estimate of drug-likeness (QED) is 0.734. The summed E-state index contributed by atoms with van der Waals surface area (Å²) < 4.78 is 64.8. The maximum Gasteiger partial charge on any atom is 0.252 e. The molecule has 2 atom stereocenters. The molecule has 0 aliphatic carbocycles. The van der Waals surface area contributed by atoms with Crippen LogP contribution in [-0.2, 0) is 21.1 Å². The number of rotatable bonds is 3. The minimum absolute atomic E-state index is 0.0307. The van der Waals surface area contributed by atoms with Gasteiger partial charge in [-0.3, -0.25) is 4.79 Å². The lowest BCUT2D eigenvalue weighted by Gasteiger charge is -2.24. The van der Waals surface area contributed by atoms with E-state index in [0.717, 1.165) is 17.8 Å². The summed E-state index contributed by atoms with van der Waals surface area (Å²) in [4.78, 5) is 17.9. The Hall–Kier alpha value is -2.33. The van der Waals surface area contributed by atoms with E-state index in [1.807, 2.05) is 0 Å². The summed E-state index contributed by atoms with van der Waals surface area (Å²) in [5.74, 6) is -2.89. The first-order valence-electron chi connectivity index (χ1n) is 8.69. The summed E-state index contributed by atoms with van der Waals surface area (Å²) in [7, 11) is -3.31. The zero-order chi connectivity index (χ0) is 20.8. The lowest BCUT2D eigenvalue weighted by atomic mass is 10.1. The number of hydrogen-bond acceptors (Lipinski definition) is 4.